The van der Waals surface area contributed by atoms with E-state index in [-0.39, 0.29) is 5.69 Å². The summed E-state index contributed by atoms with van der Waals surface area (Å²) >= 11 is 0. The summed E-state index contributed by atoms with van der Waals surface area (Å²) < 4.78 is 15.0. The molecule has 0 atom stereocenters. The molecule has 0 aliphatic heterocycles. The van der Waals surface area contributed by atoms with E-state index in [1.165, 1.54) is 12.1 Å². The minimum absolute atomic E-state index is 0.173. The van der Waals surface area contributed by atoms with Gasteiger partial charge in [0.25, 0.3) is 0 Å². The molecule has 0 saturated carbocycles. The third-order valence-electron chi connectivity index (χ3n) is 2.38. The number of nitro groups is 1. The first kappa shape index (κ1) is 12.0. The molecule has 2 aromatic rings. The van der Waals surface area contributed by atoms with E-state index in [1.54, 1.807) is 23.1 Å². The third-order valence-corrected chi connectivity index (χ3v) is 2.38. The maximum atomic E-state index is 13.3. The van der Waals surface area contributed by atoms with Crippen LogP contribution >= 0.6 is 0 Å². The van der Waals surface area contributed by atoms with Crippen LogP contribution in [0.15, 0.2) is 36.7 Å². The number of nitro benzene ring substituents is 1. The fourth-order valence-electron chi connectivity index (χ4n) is 1.58. The maximum Gasteiger partial charge on any atom is 0.327 e. The number of para-hydroxylation sites is 1. The molecule has 1 aromatic heterocycles. The van der Waals surface area contributed by atoms with Crippen LogP contribution in [0.2, 0.25) is 0 Å². The number of hydrogen-bond acceptors (Lipinski definition) is 4. The summed E-state index contributed by atoms with van der Waals surface area (Å²) in [6.45, 7) is 0.965. The Bertz CT molecular complexity index is 542. The third kappa shape index (κ3) is 2.62. The van der Waals surface area contributed by atoms with Crippen molar-refractivity contribution >= 4 is 11.4 Å². The molecule has 1 N–H and O–H groups in total. The number of benzene rings is 1. The zero-order chi connectivity index (χ0) is 13.0. The number of aromatic nitrogens is 2. The first-order chi connectivity index (χ1) is 8.68. The quantitative estimate of drug-likeness (QED) is 0.651. The van der Waals surface area contributed by atoms with Crippen molar-refractivity contribution in [2.24, 2.45) is 0 Å². The molecule has 18 heavy (non-hydrogen) atoms. The van der Waals surface area contributed by atoms with Crippen LogP contribution in [0.4, 0.5) is 15.8 Å². The molecule has 0 aliphatic rings. The van der Waals surface area contributed by atoms with Crippen molar-refractivity contribution in [1.82, 2.24) is 9.78 Å². The Balaban J connectivity index is 2.05. The summed E-state index contributed by atoms with van der Waals surface area (Å²) in [4.78, 5) is 10.0. The Morgan fingerprint density at radius 1 is 1.44 bits per heavy atom. The van der Waals surface area contributed by atoms with Gasteiger partial charge in [0.2, 0.25) is 5.82 Å². The molecule has 2 rings (SSSR count). The molecule has 0 saturated heterocycles. The van der Waals surface area contributed by atoms with Crippen LogP contribution in [0.3, 0.4) is 0 Å². The van der Waals surface area contributed by atoms with Crippen LogP contribution in [-0.4, -0.2) is 21.2 Å². The number of hydrogen-bond donors (Lipinski definition) is 1. The van der Waals surface area contributed by atoms with Gasteiger partial charge in [0.1, 0.15) is 5.69 Å². The lowest BCUT2D eigenvalue weighted by Gasteiger charge is -2.07. The fraction of sp³-hybridized carbons (Fsp3) is 0.182. The van der Waals surface area contributed by atoms with E-state index < -0.39 is 16.4 Å². The molecule has 6 nitrogen and oxygen atoms in total. The number of anilines is 1. The van der Waals surface area contributed by atoms with Crippen molar-refractivity contribution in [2.75, 3.05) is 11.9 Å². The molecule has 0 unspecified atom stereocenters. The molecule has 1 heterocycles. The Morgan fingerprint density at radius 3 is 2.94 bits per heavy atom. The minimum Gasteiger partial charge on any atom is -0.378 e. The van der Waals surface area contributed by atoms with Crippen molar-refractivity contribution in [1.29, 1.82) is 0 Å². The normalized spacial score (nSPS) is 10.3. The highest BCUT2D eigenvalue weighted by molar-refractivity contribution is 5.61. The number of rotatable bonds is 5. The molecule has 0 spiro atoms. The molecule has 0 aliphatic carbocycles. The molecular formula is C11H11FN4O2. The second-order valence-electron chi connectivity index (χ2n) is 3.59. The van der Waals surface area contributed by atoms with Crippen molar-refractivity contribution in [3.63, 3.8) is 0 Å². The zero-order valence-electron chi connectivity index (χ0n) is 9.41. The van der Waals surface area contributed by atoms with Crippen molar-refractivity contribution in [3.05, 3.63) is 52.6 Å². The summed E-state index contributed by atoms with van der Waals surface area (Å²) in [6, 6.07) is 5.75. The van der Waals surface area contributed by atoms with Gasteiger partial charge in [-0.15, -0.1) is 0 Å². The van der Waals surface area contributed by atoms with Crippen molar-refractivity contribution in [3.8, 4) is 0 Å². The predicted molar refractivity (Wildman–Crippen MR) is 63.8 cm³/mol. The number of halogens is 1. The van der Waals surface area contributed by atoms with Crippen LogP contribution in [0.5, 0.6) is 0 Å². The monoisotopic (exact) mass is 250 g/mol. The Labute approximate surface area is 102 Å². The topological polar surface area (TPSA) is 73.0 Å². The lowest BCUT2D eigenvalue weighted by molar-refractivity contribution is -0.386. The second kappa shape index (κ2) is 5.26. The van der Waals surface area contributed by atoms with E-state index in [0.717, 1.165) is 6.07 Å². The summed E-state index contributed by atoms with van der Waals surface area (Å²) in [5, 5.41) is 17.6. The van der Waals surface area contributed by atoms with Crippen LogP contribution in [0, 0.1) is 15.9 Å². The smallest absolute Gasteiger partial charge is 0.327 e. The number of nitrogens with zero attached hydrogens (tertiary/aromatic N) is 3. The van der Waals surface area contributed by atoms with E-state index in [0.29, 0.717) is 13.1 Å². The standard InChI is InChI=1S/C11H11FN4O2/c12-9-3-1-4-10(11(9)16(17)18)13-6-8-15-7-2-5-14-15/h1-5,7,13H,6,8H2. The van der Waals surface area contributed by atoms with Gasteiger partial charge in [0.05, 0.1) is 11.5 Å². The maximum absolute atomic E-state index is 13.3. The van der Waals surface area contributed by atoms with E-state index >= 15 is 0 Å². The van der Waals surface area contributed by atoms with E-state index in [2.05, 4.69) is 10.4 Å². The summed E-state index contributed by atoms with van der Waals surface area (Å²) in [7, 11) is 0. The second-order valence-corrected chi connectivity index (χ2v) is 3.59. The van der Waals surface area contributed by atoms with E-state index in [9.17, 15) is 14.5 Å². The minimum atomic E-state index is -0.843. The Morgan fingerprint density at radius 2 is 2.28 bits per heavy atom. The van der Waals surface area contributed by atoms with Crippen LogP contribution < -0.4 is 5.32 Å². The van der Waals surface area contributed by atoms with Crippen molar-refractivity contribution in [2.45, 2.75) is 6.54 Å². The molecule has 7 heteroatoms. The van der Waals surface area contributed by atoms with Gasteiger partial charge in [-0.3, -0.25) is 14.8 Å². The van der Waals surface area contributed by atoms with E-state index in [1.807, 2.05) is 0 Å². The van der Waals surface area contributed by atoms with Crippen LogP contribution in [0.1, 0.15) is 0 Å². The highest BCUT2D eigenvalue weighted by Crippen LogP contribution is 2.26. The van der Waals surface area contributed by atoms with Gasteiger partial charge in [0.15, 0.2) is 0 Å². The van der Waals surface area contributed by atoms with Crippen LogP contribution in [-0.2, 0) is 6.54 Å². The van der Waals surface area contributed by atoms with Gasteiger partial charge >= 0.3 is 5.69 Å². The van der Waals surface area contributed by atoms with Gasteiger partial charge in [-0.1, -0.05) is 6.07 Å². The average Bonchev–Trinajstić information content (AvgIpc) is 2.81. The zero-order valence-corrected chi connectivity index (χ0v) is 9.41. The highest BCUT2D eigenvalue weighted by Gasteiger charge is 2.19. The van der Waals surface area contributed by atoms with Gasteiger partial charge in [-0.2, -0.15) is 9.49 Å². The molecule has 94 valence electrons. The summed E-state index contributed by atoms with van der Waals surface area (Å²) in [5.74, 6) is -0.843. The molecule has 0 amide bonds. The average molecular weight is 250 g/mol. The predicted octanol–water partition coefficient (Wildman–Crippen LogP) is 2.04. The molecule has 0 radical (unpaired) electrons. The van der Waals surface area contributed by atoms with Gasteiger partial charge in [-0.25, -0.2) is 0 Å². The molecular weight excluding hydrogens is 239 g/mol. The molecule has 0 bridgehead atoms. The fourth-order valence-corrected chi connectivity index (χ4v) is 1.58. The first-order valence-electron chi connectivity index (χ1n) is 5.32. The molecule has 0 fully saturated rings. The van der Waals surface area contributed by atoms with Crippen molar-refractivity contribution < 1.29 is 9.31 Å². The van der Waals surface area contributed by atoms with E-state index in [4.69, 9.17) is 0 Å². The summed E-state index contributed by atoms with van der Waals surface area (Å²) in [6.07, 6.45) is 3.42. The highest BCUT2D eigenvalue weighted by atomic mass is 19.1. The largest absolute Gasteiger partial charge is 0.378 e. The van der Waals surface area contributed by atoms with Gasteiger partial charge in [-0.05, 0) is 18.2 Å². The lowest BCUT2D eigenvalue weighted by atomic mass is 10.2. The molecule has 1 aromatic carbocycles. The van der Waals surface area contributed by atoms with Gasteiger partial charge < -0.3 is 5.32 Å². The van der Waals surface area contributed by atoms with Crippen LogP contribution in [0.25, 0.3) is 0 Å². The Kier molecular flexibility index (Phi) is 3.52. The summed E-state index contributed by atoms with van der Waals surface area (Å²) in [5.41, 5.74) is -0.356. The Hall–Kier alpha value is -2.44. The first-order valence-corrected chi connectivity index (χ1v) is 5.32. The number of nitrogens with one attached hydrogen (secondary N) is 1. The SMILES string of the molecule is O=[N+]([O-])c1c(F)cccc1NCCn1cccn1. The van der Waals surface area contributed by atoms with Gasteiger partial charge in [0, 0.05) is 18.9 Å². The lowest BCUT2D eigenvalue weighted by Crippen LogP contribution is -2.12.